The highest BCUT2D eigenvalue weighted by Gasteiger charge is 2.63. The van der Waals surface area contributed by atoms with Gasteiger partial charge in [0.25, 0.3) is 0 Å². The van der Waals surface area contributed by atoms with Gasteiger partial charge in [0.1, 0.15) is 0 Å². The lowest BCUT2D eigenvalue weighted by Gasteiger charge is -2.62. The molecule has 0 aliphatic heterocycles. The molecule has 202 valence electrons. The number of hydrogen-bond donors (Lipinski definition) is 3. The standard InChI is InChI=1S/C30H54N2O3/c1-6-32(7-2)17-16-31-28(35)13-8-20(3)24-11-12-25-23-10-9-21-18-22(33)14-15-29(21,4)26(23)19-27(34)30(24,25)5/h20-27,33-34H,6-19H2,1-5H3,(H,31,35)/t20-,21-,22-,23+,24-,25+,26+,27+,29+,30-/m1/s1. The molecule has 0 aromatic rings. The van der Waals surface area contributed by atoms with Gasteiger partial charge in [-0.05, 0) is 117 Å². The molecule has 10 atom stereocenters. The molecule has 4 aliphatic rings. The second-order valence-corrected chi connectivity index (χ2v) is 13.3. The van der Waals surface area contributed by atoms with Crippen LogP contribution in [0.15, 0.2) is 0 Å². The highest BCUT2D eigenvalue weighted by atomic mass is 16.3. The Labute approximate surface area is 214 Å². The molecule has 5 heteroatoms. The molecule has 4 rings (SSSR count). The summed E-state index contributed by atoms with van der Waals surface area (Å²) in [6.07, 6.45) is 10.1. The maximum absolute atomic E-state index is 12.5. The van der Waals surface area contributed by atoms with E-state index in [0.717, 1.165) is 64.2 Å². The van der Waals surface area contributed by atoms with Crippen molar-refractivity contribution in [2.75, 3.05) is 26.2 Å². The number of amides is 1. The Morgan fingerprint density at radius 1 is 1.03 bits per heavy atom. The van der Waals surface area contributed by atoms with Crippen molar-refractivity contribution in [3.05, 3.63) is 0 Å². The molecule has 5 nitrogen and oxygen atoms in total. The number of carbonyl (C=O) groups excluding carboxylic acids is 1. The predicted octanol–water partition coefficient (Wildman–Crippen LogP) is 4.85. The number of nitrogens with zero attached hydrogens (tertiary/aromatic N) is 1. The summed E-state index contributed by atoms with van der Waals surface area (Å²) in [4.78, 5) is 14.9. The van der Waals surface area contributed by atoms with Gasteiger partial charge < -0.3 is 20.4 Å². The topological polar surface area (TPSA) is 72.8 Å². The first-order chi connectivity index (χ1) is 16.6. The minimum Gasteiger partial charge on any atom is -0.393 e. The largest absolute Gasteiger partial charge is 0.393 e. The minimum absolute atomic E-state index is 0.0167. The molecule has 0 bridgehead atoms. The molecule has 35 heavy (non-hydrogen) atoms. The fourth-order valence-electron chi connectivity index (χ4n) is 9.70. The van der Waals surface area contributed by atoms with E-state index in [2.05, 4.69) is 44.8 Å². The summed E-state index contributed by atoms with van der Waals surface area (Å²) >= 11 is 0. The number of aliphatic hydroxyl groups excluding tert-OH is 2. The van der Waals surface area contributed by atoms with Crippen LogP contribution in [0.4, 0.5) is 0 Å². The van der Waals surface area contributed by atoms with E-state index in [1.807, 2.05) is 0 Å². The van der Waals surface area contributed by atoms with Gasteiger partial charge >= 0.3 is 0 Å². The lowest BCUT2D eigenvalue weighted by Crippen LogP contribution is -2.58. The third-order valence-corrected chi connectivity index (χ3v) is 12.0. The summed E-state index contributed by atoms with van der Waals surface area (Å²) in [6, 6.07) is 0. The van der Waals surface area contributed by atoms with Crippen LogP contribution in [-0.4, -0.2) is 59.4 Å². The van der Waals surface area contributed by atoms with Gasteiger partial charge in [0, 0.05) is 19.5 Å². The van der Waals surface area contributed by atoms with Gasteiger partial charge in [0.2, 0.25) is 5.91 Å². The average Bonchev–Trinajstić information content (AvgIpc) is 3.20. The van der Waals surface area contributed by atoms with Crippen LogP contribution in [0.3, 0.4) is 0 Å². The van der Waals surface area contributed by atoms with Gasteiger partial charge in [-0.1, -0.05) is 34.6 Å². The molecule has 0 radical (unpaired) electrons. The van der Waals surface area contributed by atoms with E-state index in [9.17, 15) is 15.0 Å². The van der Waals surface area contributed by atoms with Crippen molar-refractivity contribution in [1.29, 1.82) is 0 Å². The zero-order valence-corrected chi connectivity index (χ0v) is 23.3. The highest BCUT2D eigenvalue weighted by Crippen LogP contribution is 2.68. The molecule has 4 fully saturated rings. The average molecular weight is 491 g/mol. The van der Waals surface area contributed by atoms with E-state index in [0.29, 0.717) is 36.0 Å². The molecule has 4 saturated carbocycles. The molecule has 4 aliphatic carbocycles. The van der Waals surface area contributed by atoms with Crippen molar-refractivity contribution in [2.24, 2.45) is 46.3 Å². The molecule has 0 saturated heterocycles. The van der Waals surface area contributed by atoms with Crippen molar-refractivity contribution in [2.45, 2.75) is 111 Å². The van der Waals surface area contributed by atoms with E-state index < -0.39 is 0 Å². The zero-order valence-electron chi connectivity index (χ0n) is 23.3. The highest BCUT2D eigenvalue weighted by molar-refractivity contribution is 5.75. The monoisotopic (exact) mass is 490 g/mol. The predicted molar refractivity (Wildman–Crippen MR) is 142 cm³/mol. The molecule has 0 aromatic heterocycles. The third kappa shape index (κ3) is 5.08. The normalized spacial score (nSPS) is 43.8. The summed E-state index contributed by atoms with van der Waals surface area (Å²) in [5, 5.41) is 25.1. The van der Waals surface area contributed by atoms with Gasteiger partial charge in [-0.15, -0.1) is 0 Å². The smallest absolute Gasteiger partial charge is 0.220 e. The maximum atomic E-state index is 12.5. The van der Waals surface area contributed by atoms with Crippen molar-refractivity contribution < 1.29 is 15.0 Å². The Hall–Kier alpha value is -0.650. The van der Waals surface area contributed by atoms with E-state index in [1.54, 1.807) is 0 Å². The molecule has 3 N–H and O–H groups in total. The van der Waals surface area contributed by atoms with Gasteiger partial charge in [-0.3, -0.25) is 4.79 Å². The van der Waals surface area contributed by atoms with Gasteiger partial charge in [-0.25, -0.2) is 0 Å². The fourth-order valence-corrected chi connectivity index (χ4v) is 9.70. The number of rotatable bonds is 9. The van der Waals surface area contributed by atoms with Crippen LogP contribution < -0.4 is 5.32 Å². The quantitative estimate of drug-likeness (QED) is 0.432. The molecular weight excluding hydrogens is 436 g/mol. The molecule has 1 amide bonds. The van der Waals surface area contributed by atoms with Crippen molar-refractivity contribution in [3.8, 4) is 0 Å². The second kappa shape index (κ2) is 11.0. The van der Waals surface area contributed by atoms with Gasteiger partial charge in [0.05, 0.1) is 12.2 Å². The van der Waals surface area contributed by atoms with Crippen LogP contribution in [0.5, 0.6) is 0 Å². The first-order valence-electron chi connectivity index (χ1n) is 15.0. The van der Waals surface area contributed by atoms with E-state index in [-0.39, 0.29) is 28.9 Å². The molecule has 0 aromatic carbocycles. The van der Waals surface area contributed by atoms with Crippen molar-refractivity contribution in [3.63, 3.8) is 0 Å². The first-order valence-corrected chi connectivity index (χ1v) is 15.0. The lowest BCUT2D eigenvalue weighted by atomic mass is 9.43. The minimum atomic E-state index is -0.242. The van der Waals surface area contributed by atoms with Gasteiger partial charge in [-0.2, -0.15) is 0 Å². The summed E-state index contributed by atoms with van der Waals surface area (Å²) in [7, 11) is 0. The number of likely N-dealkylation sites (N-methyl/N-ethyl adjacent to an activating group) is 1. The van der Waals surface area contributed by atoms with Crippen LogP contribution in [0.25, 0.3) is 0 Å². The first kappa shape index (κ1) is 27.4. The van der Waals surface area contributed by atoms with Crippen LogP contribution in [0, 0.1) is 46.3 Å². The van der Waals surface area contributed by atoms with E-state index in [4.69, 9.17) is 0 Å². The Balaban J connectivity index is 1.36. The van der Waals surface area contributed by atoms with E-state index in [1.165, 1.54) is 25.7 Å². The fraction of sp³-hybridized carbons (Fsp3) is 0.967. The summed E-state index contributed by atoms with van der Waals surface area (Å²) in [6.45, 7) is 15.3. The van der Waals surface area contributed by atoms with Crippen LogP contribution in [0.2, 0.25) is 0 Å². The molecule has 0 spiro atoms. The summed E-state index contributed by atoms with van der Waals surface area (Å²) in [5.74, 6) is 3.70. The van der Waals surface area contributed by atoms with Crippen molar-refractivity contribution in [1.82, 2.24) is 10.2 Å². The van der Waals surface area contributed by atoms with E-state index >= 15 is 0 Å². The number of aliphatic hydroxyl groups is 2. The number of hydrogen-bond acceptors (Lipinski definition) is 4. The van der Waals surface area contributed by atoms with Crippen molar-refractivity contribution >= 4 is 5.91 Å². The Kier molecular flexibility index (Phi) is 8.60. The Morgan fingerprint density at radius 2 is 1.77 bits per heavy atom. The van der Waals surface area contributed by atoms with Crippen LogP contribution in [0.1, 0.15) is 98.8 Å². The number of nitrogens with one attached hydrogen (secondary N) is 1. The summed E-state index contributed by atoms with van der Waals surface area (Å²) in [5.41, 5.74) is 0.272. The second-order valence-electron chi connectivity index (χ2n) is 13.3. The lowest BCUT2D eigenvalue weighted by molar-refractivity contribution is -0.174. The third-order valence-electron chi connectivity index (χ3n) is 12.0. The Morgan fingerprint density at radius 3 is 2.49 bits per heavy atom. The molecule has 0 heterocycles. The van der Waals surface area contributed by atoms with Crippen LogP contribution >= 0.6 is 0 Å². The number of carbonyl (C=O) groups is 1. The Bertz CT molecular complexity index is 726. The van der Waals surface area contributed by atoms with Crippen LogP contribution in [-0.2, 0) is 4.79 Å². The molecular formula is C30H54N2O3. The summed E-state index contributed by atoms with van der Waals surface area (Å²) < 4.78 is 0. The number of fused-ring (bicyclic) bond motifs is 5. The van der Waals surface area contributed by atoms with Gasteiger partial charge in [0.15, 0.2) is 0 Å². The zero-order chi connectivity index (χ0) is 25.4. The molecule has 0 unspecified atom stereocenters. The SMILES string of the molecule is CCN(CC)CCNC(=O)CC[C@@H](C)[C@H]1CC[C@H]2[C@@H]3CC[C@@H]4C[C@H](O)CC[C@]4(C)[C@H]3C[C@H](O)[C@]12C. The maximum Gasteiger partial charge on any atom is 0.220 e.